The van der Waals surface area contributed by atoms with E-state index >= 15 is 0 Å². The van der Waals surface area contributed by atoms with Crippen LogP contribution >= 0.6 is 15.9 Å². The van der Waals surface area contributed by atoms with Crippen LogP contribution in [0.5, 0.6) is 0 Å². The molecule has 0 aromatic rings. The minimum absolute atomic E-state index is 0.887. The third-order valence-corrected chi connectivity index (χ3v) is 2.18. The Morgan fingerprint density at radius 1 is 1.27 bits per heavy atom. The van der Waals surface area contributed by atoms with Gasteiger partial charge >= 0.3 is 18.1 Å². The number of alkyl halides is 6. The van der Waals surface area contributed by atoms with Crippen LogP contribution in [0.1, 0.15) is 13.3 Å². The average Bonchev–Trinajstić information content (AvgIpc) is 1.98. The summed E-state index contributed by atoms with van der Waals surface area (Å²) in [5.41, 5.74) is 0. The summed E-state index contributed by atoms with van der Waals surface area (Å²) < 4.78 is 62.6. The van der Waals surface area contributed by atoms with Crippen LogP contribution in [-0.2, 0) is 9.53 Å². The number of rotatable bonds is 3. The van der Waals surface area contributed by atoms with Gasteiger partial charge in [0.25, 0.3) is 0 Å². The second kappa shape index (κ2) is 4.23. The largest absolute Gasteiger partial charge is 0.468 e. The topological polar surface area (TPSA) is 26.3 Å². The number of ether oxygens (including phenoxy) is 1. The van der Waals surface area contributed by atoms with Crippen molar-refractivity contribution in [1.82, 2.24) is 0 Å². The molecule has 0 saturated carbocycles. The Morgan fingerprint density at radius 3 is 1.93 bits per heavy atom. The molecular formula is C7H8BrF5O2. The Labute approximate surface area is 90.9 Å². The van der Waals surface area contributed by atoms with Crippen molar-refractivity contribution in [2.75, 3.05) is 7.11 Å². The molecule has 0 fully saturated rings. The van der Waals surface area contributed by atoms with E-state index in [0.29, 0.717) is 0 Å². The molecule has 0 rings (SSSR count). The molecule has 0 aliphatic carbocycles. The van der Waals surface area contributed by atoms with Crippen LogP contribution in [0.4, 0.5) is 22.0 Å². The van der Waals surface area contributed by atoms with Gasteiger partial charge < -0.3 is 4.74 Å². The molecule has 0 amide bonds. The number of hydrogen-bond acceptors (Lipinski definition) is 2. The number of carbonyl (C=O) groups is 1. The molecule has 0 aromatic carbocycles. The molecule has 1 atom stereocenters. The van der Waals surface area contributed by atoms with E-state index < -0.39 is 28.8 Å². The molecule has 0 spiro atoms. The van der Waals surface area contributed by atoms with E-state index in [9.17, 15) is 26.7 Å². The van der Waals surface area contributed by atoms with Crippen molar-refractivity contribution in [3.8, 4) is 0 Å². The quantitative estimate of drug-likeness (QED) is 0.455. The lowest BCUT2D eigenvalue weighted by molar-refractivity contribution is -0.285. The molecule has 0 radical (unpaired) electrons. The third-order valence-electron chi connectivity index (χ3n) is 1.58. The molecular weight excluding hydrogens is 291 g/mol. The maximum atomic E-state index is 12.6. The van der Waals surface area contributed by atoms with Gasteiger partial charge in [-0.25, -0.2) is 0 Å². The summed E-state index contributed by atoms with van der Waals surface area (Å²) in [6.45, 7) is 0.887. The number of halogens is 6. The van der Waals surface area contributed by atoms with Gasteiger partial charge in [0, 0.05) is 6.42 Å². The monoisotopic (exact) mass is 298 g/mol. The summed E-state index contributed by atoms with van der Waals surface area (Å²) in [7, 11) is 0.896. The molecule has 0 aliphatic rings. The average molecular weight is 299 g/mol. The second-order valence-corrected chi connectivity index (χ2v) is 4.82. The fraction of sp³-hybridized carbons (Fsp3) is 0.857. The van der Waals surface area contributed by atoms with Crippen LogP contribution < -0.4 is 0 Å². The fourth-order valence-electron chi connectivity index (χ4n) is 0.802. The van der Waals surface area contributed by atoms with Gasteiger partial charge in [-0.05, 0) is 6.92 Å². The summed E-state index contributed by atoms with van der Waals surface area (Å²) in [4.78, 5) is 10.9. The van der Waals surface area contributed by atoms with Gasteiger partial charge in [0.15, 0.2) is 0 Å². The lowest BCUT2D eigenvalue weighted by atomic mass is 10.0. The van der Waals surface area contributed by atoms with Gasteiger partial charge in [-0.15, -0.1) is 0 Å². The van der Waals surface area contributed by atoms with E-state index in [1.54, 1.807) is 0 Å². The summed E-state index contributed by atoms with van der Waals surface area (Å²) >= 11 is 2.48. The fourth-order valence-corrected chi connectivity index (χ4v) is 1.32. The maximum Gasteiger partial charge on any atom is 0.453 e. The van der Waals surface area contributed by atoms with E-state index in [4.69, 9.17) is 0 Å². The van der Waals surface area contributed by atoms with Crippen molar-refractivity contribution >= 4 is 21.9 Å². The van der Waals surface area contributed by atoms with Crippen molar-refractivity contribution in [2.45, 2.75) is 29.8 Å². The predicted molar refractivity (Wildman–Crippen MR) is 45.0 cm³/mol. The van der Waals surface area contributed by atoms with Gasteiger partial charge in [0.1, 0.15) is 4.32 Å². The van der Waals surface area contributed by atoms with Crippen LogP contribution in [0.25, 0.3) is 0 Å². The number of hydrogen-bond donors (Lipinski definition) is 0. The first-order valence-corrected chi connectivity index (χ1v) is 4.45. The molecule has 0 saturated heterocycles. The lowest BCUT2D eigenvalue weighted by Crippen LogP contribution is -2.44. The van der Waals surface area contributed by atoms with Gasteiger partial charge in [-0.1, -0.05) is 15.9 Å². The zero-order chi connectivity index (χ0) is 12.5. The molecule has 2 nitrogen and oxygen atoms in total. The lowest BCUT2D eigenvalue weighted by Gasteiger charge is -2.26. The standard InChI is InChI=1S/C7H8BrF5O2/c1-5(8,4(14)15-2)3-6(9,10)7(11,12)13/h3H2,1-2H3. The highest BCUT2D eigenvalue weighted by Gasteiger charge is 2.61. The molecule has 0 heterocycles. The van der Waals surface area contributed by atoms with Crippen LogP contribution in [0.3, 0.4) is 0 Å². The molecule has 8 heteroatoms. The van der Waals surface area contributed by atoms with E-state index in [2.05, 4.69) is 20.7 Å². The minimum atomic E-state index is -5.68. The highest BCUT2D eigenvalue weighted by Crippen LogP contribution is 2.43. The Morgan fingerprint density at radius 2 is 1.67 bits per heavy atom. The molecule has 1 unspecified atom stereocenters. The zero-order valence-corrected chi connectivity index (χ0v) is 9.38. The summed E-state index contributed by atoms with van der Waals surface area (Å²) in [6.07, 6.45) is -7.40. The van der Waals surface area contributed by atoms with Crippen LogP contribution in [-0.4, -0.2) is 29.5 Å². The van der Waals surface area contributed by atoms with Gasteiger partial charge in [0.2, 0.25) is 0 Å². The third kappa shape index (κ3) is 3.58. The molecule has 0 aromatic heterocycles. The van der Waals surface area contributed by atoms with E-state index in [0.717, 1.165) is 14.0 Å². The normalized spacial score (nSPS) is 17.1. The van der Waals surface area contributed by atoms with Crippen LogP contribution in [0.15, 0.2) is 0 Å². The van der Waals surface area contributed by atoms with Crippen LogP contribution in [0, 0.1) is 0 Å². The van der Waals surface area contributed by atoms with Gasteiger partial charge in [-0.3, -0.25) is 4.79 Å². The predicted octanol–water partition coefficient (Wildman–Crippen LogP) is 2.90. The SMILES string of the molecule is COC(=O)C(C)(Br)CC(F)(F)C(F)(F)F. The molecule has 15 heavy (non-hydrogen) atoms. The van der Waals surface area contributed by atoms with E-state index in [1.807, 2.05) is 0 Å². The summed E-state index contributed by atoms with van der Waals surface area (Å²) in [5, 5.41) is 0. The Bertz CT molecular complexity index is 248. The van der Waals surface area contributed by atoms with Gasteiger partial charge in [-0.2, -0.15) is 22.0 Å². The zero-order valence-electron chi connectivity index (χ0n) is 7.79. The first-order chi connectivity index (χ1) is 6.44. The van der Waals surface area contributed by atoms with Crippen molar-refractivity contribution in [1.29, 1.82) is 0 Å². The van der Waals surface area contributed by atoms with Gasteiger partial charge in [0.05, 0.1) is 7.11 Å². The van der Waals surface area contributed by atoms with E-state index in [-0.39, 0.29) is 0 Å². The first kappa shape index (κ1) is 14.6. The summed E-state index contributed by atoms with van der Waals surface area (Å²) in [5.74, 6) is -6.13. The molecule has 0 bridgehead atoms. The second-order valence-electron chi connectivity index (χ2n) is 3.07. The summed E-state index contributed by atoms with van der Waals surface area (Å²) in [6, 6.07) is 0. The van der Waals surface area contributed by atoms with Crippen molar-refractivity contribution in [3.05, 3.63) is 0 Å². The van der Waals surface area contributed by atoms with Crippen LogP contribution in [0.2, 0.25) is 0 Å². The Balaban J connectivity index is 4.80. The maximum absolute atomic E-state index is 12.6. The minimum Gasteiger partial charge on any atom is -0.468 e. The first-order valence-electron chi connectivity index (χ1n) is 3.66. The Kier molecular flexibility index (Phi) is 4.11. The Hall–Kier alpha value is -0.400. The number of methoxy groups -OCH3 is 1. The van der Waals surface area contributed by atoms with Crippen molar-refractivity contribution < 1.29 is 31.5 Å². The highest BCUT2D eigenvalue weighted by molar-refractivity contribution is 9.10. The van der Waals surface area contributed by atoms with Crippen molar-refractivity contribution in [3.63, 3.8) is 0 Å². The smallest absolute Gasteiger partial charge is 0.453 e. The molecule has 0 aliphatic heterocycles. The van der Waals surface area contributed by atoms with Crippen molar-refractivity contribution in [2.24, 2.45) is 0 Å². The number of carbonyl (C=O) groups excluding carboxylic acids is 1. The van der Waals surface area contributed by atoms with E-state index in [1.165, 1.54) is 0 Å². The highest BCUT2D eigenvalue weighted by atomic mass is 79.9. The molecule has 90 valence electrons. The molecule has 0 N–H and O–H groups in total. The number of esters is 1.